The van der Waals surface area contributed by atoms with E-state index in [0.29, 0.717) is 13.2 Å². The van der Waals surface area contributed by atoms with Gasteiger partial charge in [-0.05, 0) is 11.8 Å². The molecule has 0 aliphatic rings. The Morgan fingerprint density at radius 3 is 2.46 bits per heavy atom. The number of unbranched alkanes of at least 4 members (excludes halogenated alkanes) is 1. The van der Waals surface area contributed by atoms with Crippen LogP contribution in [0.3, 0.4) is 0 Å². The fourth-order valence-corrected chi connectivity index (χ4v) is 0.700. The van der Waals surface area contributed by atoms with Crippen LogP contribution in [0.4, 0.5) is 4.79 Å². The van der Waals surface area contributed by atoms with Gasteiger partial charge in [-0.15, -0.1) is 0 Å². The van der Waals surface area contributed by atoms with E-state index in [-0.39, 0.29) is 11.5 Å². The lowest BCUT2D eigenvalue weighted by Gasteiger charge is -2.17. The maximum Gasteiger partial charge on any atom is 0.407 e. The maximum atomic E-state index is 11.0. The van der Waals surface area contributed by atoms with E-state index in [1.807, 2.05) is 20.8 Å². The molecule has 0 bridgehead atoms. The third kappa shape index (κ3) is 9.18. The Kier molecular flexibility index (Phi) is 5.51. The Morgan fingerprint density at radius 1 is 1.38 bits per heavy atom. The Morgan fingerprint density at radius 2 is 2.00 bits per heavy atom. The molecule has 1 amide bonds. The zero-order valence-corrected chi connectivity index (χ0v) is 9.14. The Hall–Kier alpha value is -0.730. The second-order valence-corrected chi connectivity index (χ2v) is 4.42. The van der Waals surface area contributed by atoms with Gasteiger partial charge in [-0.3, -0.25) is 0 Å². The summed E-state index contributed by atoms with van der Waals surface area (Å²) in [7, 11) is 0. The minimum absolute atomic E-state index is 0.0437. The lowest BCUT2D eigenvalue weighted by Crippen LogP contribution is -2.28. The molecule has 1 N–H and O–H groups in total. The van der Waals surface area contributed by atoms with Crippen LogP contribution in [0.1, 0.15) is 40.5 Å². The Labute approximate surface area is 80.8 Å². The summed E-state index contributed by atoms with van der Waals surface area (Å²) < 4.78 is 5.00. The average Bonchev–Trinajstić information content (AvgIpc) is 2.00. The van der Waals surface area contributed by atoms with E-state index in [1.165, 1.54) is 0 Å². The van der Waals surface area contributed by atoms with Crippen LogP contribution in [0.15, 0.2) is 0 Å². The van der Waals surface area contributed by atoms with Crippen LogP contribution in [0.25, 0.3) is 0 Å². The van der Waals surface area contributed by atoms with E-state index in [2.05, 4.69) is 12.2 Å². The van der Waals surface area contributed by atoms with Gasteiger partial charge >= 0.3 is 6.09 Å². The van der Waals surface area contributed by atoms with Gasteiger partial charge in [0.2, 0.25) is 0 Å². The third-order valence-corrected chi connectivity index (χ3v) is 1.44. The first-order chi connectivity index (χ1) is 5.95. The van der Waals surface area contributed by atoms with Crippen molar-refractivity contribution in [2.24, 2.45) is 5.41 Å². The van der Waals surface area contributed by atoms with Gasteiger partial charge in [0, 0.05) is 6.54 Å². The third-order valence-electron chi connectivity index (χ3n) is 1.44. The molecule has 0 unspecified atom stereocenters. The second kappa shape index (κ2) is 5.84. The van der Waals surface area contributed by atoms with Gasteiger partial charge in [0.1, 0.15) is 0 Å². The van der Waals surface area contributed by atoms with Crippen molar-refractivity contribution in [3.05, 3.63) is 0 Å². The van der Waals surface area contributed by atoms with Gasteiger partial charge in [0.25, 0.3) is 0 Å². The fourth-order valence-electron chi connectivity index (χ4n) is 0.700. The minimum atomic E-state index is -0.302. The first kappa shape index (κ1) is 12.3. The second-order valence-electron chi connectivity index (χ2n) is 4.42. The van der Waals surface area contributed by atoms with Crippen LogP contribution < -0.4 is 5.32 Å². The molecule has 0 aliphatic heterocycles. The molecule has 0 spiro atoms. The summed E-state index contributed by atoms with van der Waals surface area (Å²) >= 11 is 0. The SMILES string of the molecule is CCCCNC(=O)OCC(C)(C)C. The van der Waals surface area contributed by atoms with Crippen LogP contribution in [-0.2, 0) is 4.74 Å². The number of hydrogen-bond acceptors (Lipinski definition) is 2. The van der Waals surface area contributed by atoms with Gasteiger partial charge in [-0.25, -0.2) is 4.79 Å². The standard InChI is InChI=1S/C10H21NO2/c1-5-6-7-11-9(12)13-8-10(2,3)4/h5-8H2,1-4H3,(H,11,12). The molecule has 0 aromatic carbocycles. The monoisotopic (exact) mass is 187 g/mol. The summed E-state index contributed by atoms with van der Waals surface area (Å²) in [6.07, 6.45) is 1.79. The van der Waals surface area contributed by atoms with Crippen molar-refractivity contribution in [2.45, 2.75) is 40.5 Å². The Balaban J connectivity index is 3.41. The summed E-state index contributed by atoms with van der Waals surface area (Å²) in [5, 5.41) is 2.70. The molecule has 0 heterocycles. The first-order valence-corrected chi connectivity index (χ1v) is 4.86. The number of rotatable bonds is 4. The molecule has 0 fully saturated rings. The molecule has 3 heteroatoms. The van der Waals surface area contributed by atoms with Crippen LogP contribution in [-0.4, -0.2) is 19.2 Å². The molecule has 0 atom stereocenters. The molecule has 3 nitrogen and oxygen atoms in total. The summed E-state index contributed by atoms with van der Waals surface area (Å²) in [6, 6.07) is 0. The number of hydrogen-bond donors (Lipinski definition) is 1. The van der Waals surface area contributed by atoms with E-state index in [1.54, 1.807) is 0 Å². The highest BCUT2D eigenvalue weighted by Crippen LogP contribution is 2.12. The van der Waals surface area contributed by atoms with Crippen LogP contribution >= 0.6 is 0 Å². The average molecular weight is 187 g/mol. The van der Waals surface area contributed by atoms with Gasteiger partial charge in [0.05, 0.1) is 6.61 Å². The van der Waals surface area contributed by atoms with E-state index >= 15 is 0 Å². The lowest BCUT2D eigenvalue weighted by atomic mass is 9.99. The topological polar surface area (TPSA) is 38.3 Å². The normalized spacial score (nSPS) is 11.1. The van der Waals surface area contributed by atoms with E-state index in [4.69, 9.17) is 4.74 Å². The van der Waals surface area contributed by atoms with Crippen molar-refractivity contribution >= 4 is 6.09 Å². The minimum Gasteiger partial charge on any atom is -0.449 e. The quantitative estimate of drug-likeness (QED) is 0.687. The molecule has 0 rings (SSSR count). The predicted molar refractivity (Wildman–Crippen MR) is 53.7 cm³/mol. The van der Waals surface area contributed by atoms with Crippen LogP contribution in [0.5, 0.6) is 0 Å². The van der Waals surface area contributed by atoms with Crippen molar-refractivity contribution in [1.82, 2.24) is 5.32 Å². The zero-order chi connectivity index (χ0) is 10.3. The zero-order valence-electron chi connectivity index (χ0n) is 9.14. The number of carbonyl (C=O) groups is 1. The predicted octanol–water partition coefficient (Wildman–Crippen LogP) is 2.56. The van der Waals surface area contributed by atoms with Crippen molar-refractivity contribution in [3.8, 4) is 0 Å². The van der Waals surface area contributed by atoms with Crippen LogP contribution in [0.2, 0.25) is 0 Å². The number of nitrogens with one attached hydrogen (secondary N) is 1. The van der Waals surface area contributed by atoms with Crippen LogP contribution in [0, 0.1) is 5.41 Å². The molecule has 0 radical (unpaired) electrons. The highest BCUT2D eigenvalue weighted by molar-refractivity contribution is 5.67. The molecule has 0 aromatic rings. The molecule has 0 aromatic heterocycles. The van der Waals surface area contributed by atoms with Gasteiger partial charge in [-0.2, -0.15) is 0 Å². The van der Waals surface area contributed by atoms with Gasteiger partial charge in [0.15, 0.2) is 0 Å². The van der Waals surface area contributed by atoms with Crippen molar-refractivity contribution in [2.75, 3.05) is 13.2 Å². The molecule has 13 heavy (non-hydrogen) atoms. The molecule has 78 valence electrons. The summed E-state index contributed by atoms with van der Waals surface area (Å²) in [4.78, 5) is 11.0. The Bertz CT molecular complexity index is 149. The number of alkyl carbamates (subject to hydrolysis) is 1. The molecule has 0 aliphatic carbocycles. The first-order valence-electron chi connectivity index (χ1n) is 4.86. The highest BCUT2D eigenvalue weighted by Gasteiger charge is 2.12. The highest BCUT2D eigenvalue weighted by atomic mass is 16.5. The molecular formula is C10H21NO2. The van der Waals surface area contributed by atoms with Crippen molar-refractivity contribution in [1.29, 1.82) is 0 Å². The number of carbonyl (C=O) groups excluding carboxylic acids is 1. The lowest BCUT2D eigenvalue weighted by molar-refractivity contribution is 0.106. The van der Waals surface area contributed by atoms with Gasteiger partial charge in [-0.1, -0.05) is 34.1 Å². The van der Waals surface area contributed by atoms with E-state index in [9.17, 15) is 4.79 Å². The largest absolute Gasteiger partial charge is 0.449 e. The number of amides is 1. The summed E-state index contributed by atoms with van der Waals surface area (Å²) in [5.41, 5.74) is 0.0437. The molecular weight excluding hydrogens is 166 g/mol. The van der Waals surface area contributed by atoms with E-state index < -0.39 is 0 Å². The van der Waals surface area contributed by atoms with E-state index in [0.717, 1.165) is 12.8 Å². The maximum absolute atomic E-state index is 11.0. The van der Waals surface area contributed by atoms with Gasteiger partial charge < -0.3 is 10.1 Å². The van der Waals surface area contributed by atoms with Crippen molar-refractivity contribution < 1.29 is 9.53 Å². The summed E-state index contributed by atoms with van der Waals surface area (Å²) in [5.74, 6) is 0. The fraction of sp³-hybridized carbons (Fsp3) is 0.900. The number of ether oxygens (including phenoxy) is 1. The van der Waals surface area contributed by atoms with Crippen molar-refractivity contribution in [3.63, 3.8) is 0 Å². The molecule has 0 saturated carbocycles. The molecule has 0 saturated heterocycles. The smallest absolute Gasteiger partial charge is 0.407 e. The summed E-state index contributed by atoms with van der Waals surface area (Å²) in [6.45, 7) is 9.36.